The molecule has 2 heterocycles. The van der Waals surface area contributed by atoms with Crippen molar-refractivity contribution in [2.75, 3.05) is 13.1 Å². The molecule has 9 heteroatoms. The molecule has 3 N–H and O–H groups in total. The fourth-order valence-corrected chi connectivity index (χ4v) is 4.68. The van der Waals surface area contributed by atoms with Gasteiger partial charge in [0.2, 0.25) is 0 Å². The molecule has 4 atom stereocenters. The standard InChI is InChI=1S/C27H42N4O5/c1-16(2)13-19(29-23(33)17-9-11-18(12-10-17)26(3,4)5)24(34)31-22-20(28-14-21(22)32)15-30(31)25(35)36-27(6,7)8/h9-12,16,19-22,28,32H,13-15H2,1-8H3,(H,29,33)/t19-,20?,21?,22?/m0/s1. The second-order valence-corrected chi connectivity index (χ2v) is 12.3. The molecule has 0 radical (unpaired) electrons. The highest BCUT2D eigenvalue weighted by Crippen LogP contribution is 2.29. The number of fused-ring (bicyclic) bond motifs is 1. The maximum absolute atomic E-state index is 13.9. The number of carbonyl (C=O) groups excluding carboxylic acids is 3. The molecule has 2 saturated heterocycles. The minimum atomic E-state index is -0.878. The molecule has 0 aliphatic carbocycles. The lowest BCUT2D eigenvalue weighted by Crippen LogP contribution is -2.58. The second-order valence-electron chi connectivity index (χ2n) is 12.3. The van der Waals surface area contributed by atoms with Crippen LogP contribution in [0.25, 0.3) is 0 Å². The van der Waals surface area contributed by atoms with Gasteiger partial charge in [-0.15, -0.1) is 0 Å². The Hall–Kier alpha value is -2.65. The van der Waals surface area contributed by atoms with E-state index < -0.39 is 35.8 Å². The van der Waals surface area contributed by atoms with E-state index in [1.54, 1.807) is 32.9 Å². The number of hydrazine groups is 1. The van der Waals surface area contributed by atoms with Crippen LogP contribution in [0.1, 0.15) is 77.7 Å². The molecule has 3 unspecified atom stereocenters. The van der Waals surface area contributed by atoms with E-state index in [9.17, 15) is 19.5 Å². The number of nitrogens with one attached hydrogen (secondary N) is 2. The minimum Gasteiger partial charge on any atom is -0.442 e. The van der Waals surface area contributed by atoms with E-state index in [-0.39, 0.29) is 29.8 Å². The van der Waals surface area contributed by atoms with Crippen LogP contribution in [-0.4, -0.2) is 76.0 Å². The van der Waals surface area contributed by atoms with Crippen LogP contribution in [0, 0.1) is 5.92 Å². The van der Waals surface area contributed by atoms with Gasteiger partial charge in [0.1, 0.15) is 11.6 Å². The summed E-state index contributed by atoms with van der Waals surface area (Å²) in [5.74, 6) is -0.703. The molecule has 1 aromatic rings. The third-order valence-corrected chi connectivity index (χ3v) is 6.46. The maximum atomic E-state index is 13.9. The first kappa shape index (κ1) is 27.9. The molecule has 2 aliphatic rings. The summed E-state index contributed by atoms with van der Waals surface area (Å²) < 4.78 is 5.55. The molecule has 1 aromatic carbocycles. The Kier molecular flexibility index (Phi) is 8.05. The molecule has 0 aromatic heterocycles. The summed E-state index contributed by atoms with van der Waals surface area (Å²) in [6.07, 6.45) is -1.12. The van der Waals surface area contributed by atoms with E-state index in [4.69, 9.17) is 4.74 Å². The van der Waals surface area contributed by atoms with Crippen molar-refractivity contribution in [1.29, 1.82) is 0 Å². The number of nitrogens with zero attached hydrogens (tertiary/aromatic N) is 2. The minimum absolute atomic E-state index is 0.0429. The Bertz CT molecular complexity index is 964. The van der Waals surface area contributed by atoms with Gasteiger partial charge in [-0.2, -0.15) is 0 Å². The van der Waals surface area contributed by atoms with E-state index in [1.807, 2.05) is 26.0 Å². The van der Waals surface area contributed by atoms with E-state index in [2.05, 4.69) is 31.4 Å². The lowest BCUT2D eigenvalue weighted by Gasteiger charge is -2.36. The lowest BCUT2D eigenvalue weighted by atomic mass is 9.86. The number of benzene rings is 1. The van der Waals surface area contributed by atoms with Crippen molar-refractivity contribution in [2.24, 2.45) is 5.92 Å². The fourth-order valence-electron chi connectivity index (χ4n) is 4.68. The van der Waals surface area contributed by atoms with Gasteiger partial charge in [-0.1, -0.05) is 46.8 Å². The molecule has 2 aliphatic heterocycles. The number of β-amino-alcohol motifs (C(OH)–C–C–N with tert-alkyl or cyclic N) is 1. The Balaban J connectivity index is 1.86. The van der Waals surface area contributed by atoms with Crippen molar-refractivity contribution in [3.8, 4) is 0 Å². The van der Waals surface area contributed by atoms with Crippen LogP contribution in [0.2, 0.25) is 0 Å². The third-order valence-electron chi connectivity index (χ3n) is 6.46. The van der Waals surface area contributed by atoms with Crippen molar-refractivity contribution in [1.82, 2.24) is 20.7 Å². The topological polar surface area (TPSA) is 111 Å². The normalized spacial score (nSPS) is 23.0. The van der Waals surface area contributed by atoms with Crippen LogP contribution in [-0.2, 0) is 14.9 Å². The van der Waals surface area contributed by atoms with Gasteiger partial charge in [0.15, 0.2) is 0 Å². The van der Waals surface area contributed by atoms with Crippen LogP contribution < -0.4 is 10.6 Å². The van der Waals surface area contributed by atoms with Gasteiger partial charge in [0.25, 0.3) is 11.8 Å². The summed E-state index contributed by atoms with van der Waals surface area (Å²) in [6, 6.07) is 5.58. The SMILES string of the molecule is CC(C)C[C@H](NC(=O)c1ccc(C(C)(C)C)cc1)C(=O)N1C2C(O)CNC2CN1C(=O)OC(C)(C)C. The number of aliphatic hydroxyl groups excluding tert-OH is 1. The van der Waals surface area contributed by atoms with Crippen molar-refractivity contribution in [2.45, 2.75) is 97.1 Å². The number of hydrogen-bond donors (Lipinski definition) is 3. The summed E-state index contributed by atoms with van der Waals surface area (Å²) in [6.45, 7) is 16.0. The van der Waals surface area contributed by atoms with Gasteiger partial charge in [-0.25, -0.2) is 14.8 Å². The number of carbonyl (C=O) groups is 3. The van der Waals surface area contributed by atoms with Crippen molar-refractivity contribution < 1.29 is 24.2 Å². The van der Waals surface area contributed by atoms with Gasteiger partial charge in [-0.3, -0.25) is 9.59 Å². The first-order valence-corrected chi connectivity index (χ1v) is 12.7. The van der Waals surface area contributed by atoms with Gasteiger partial charge < -0.3 is 20.5 Å². The van der Waals surface area contributed by atoms with Gasteiger partial charge >= 0.3 is 6.09 Å². The van der Waals surface area contributed by atoms with Crippen molar-refractivity contribution in [3.63, 3.8) is 0 Å². The summed E-state index contributed by atoms with van der Waals surface area (Å²) in [4.78, 5) is 40.1. The average Bonchev–Trinajstić information content (AvgIpc) is 3.30. The van der Waals surface area contributed by atoms with Crippen LogP contribution in [0.4, 0.5) is 4.79 Å². The molecule has 2 fully saturated rings. The largest absolute Gasteiger partial charge is 0.442 e. The lowest BCUT2D eigenvalue weighted by molar-refractivity contribution is -0.152. The van der Waals surface area contributed by atoms with Crippen LogP contribution >= 0.6 is 0 Å². The van der Waals surface area contributed by atoms with E-state index in [0.717, 1.165) is 5.56 Å². The summed E-state index contributed by atoms with van der Waals surface area (Å²) in [7, 11) is 0. The van der Waals surface area contributed by atoms with Crippen LogP contribution in [0.5, 0.6) is 0 Å². The highest BCUT2D eigenvalue weighted by Gasteiger charge is 2.53. The van der Waals surface area contributed by atoms with Gasteiger partial charge in [-0.05, 0) is 56.2 Å². The van der Waals surface area contributed by atoms with E-state index >= 15 is 0 Å². The molecule has 200 valence electrons. The Labute approximate surface area is 214 Å². The summed E-state index contributed by atoms with van der Waals surface area (Å²) in [5.41, 5.74) is 0.766. The molecule has 3 amide bonds. The molecule has 36 heavy (non-hydrogen) atoms. The first-order valence-electron chi connectivity index (χ1n) is 12.7. The van der Waals surface area contributed by atoms with Crippen molar-refractivity contribution >= 4 is 17.9 Å². The molecule has 0 saturated carbocycles. The van der Waals surface area contributed by atoms with E-state index in [1.165, 1.54) is 10.0 Å². The number of amides is 3. The second kappa shape index (κ2) is 10.4. The predicted octanol–water partition coefficient (Wildman–Crippen LogP) is 2.82. The first-order chi connectivity index (χ1) is 16.6. The molecule has 0 bridgehead atoms. The fraction of sp³-hybridized carbons (Fsp3) is 0.667. The van der Waals surface area contributed by atoms with Crippen LogP contribution in [0.3, 0.4) is 0 Å². The monoisotopic (exact) mass is 502 g/mol. The Morgan fingerprint density at radius 2 is 1.72 bits per heavy atom. The Morgan fingerprint density at radius 3 is 2.25 bits per heavy atom. The predicted molar refractivity (Wildman–Crippen MR) is 137 cm³/mol. The average molecular weight is 503 g/mol. The smallest absolute Gasteiger partial charge is 0.429 e. The van der Waals surface area contributed by atoms with Crippen LogP contribution in [0.15, 0.2) is 24.3 Å². The molecule has 0 spiro atoms. The zero-order chi connectivity index (χ0) is 27.0. The summed E-state index contributed by atoms with van der Waals surface area (Å²) in [5, 5.41) is 19.3. The van der Waals surface area contributed by atoms with Gasteiger partial charge in [0, 0.05) is 12.1 Å². The zero-order valence-electron chi connectivity index (χ0n) is 22.8. The third kappa shape index (κ3) is 6.37. The van der Waals surface area contributed by atoms with Gasteiger partial charge in [0.05, 0.1) is 24.7 Å². The van der Waals surface area contributed by atoms with Crippen molar-refractivity contribution in [3.05, 3.63) is 35.4 Å². The summed E-state index contributed by atoms with van der Waals surface area (Å²) >= 11 is 0. The number of ether oxygens (including phenoxy) is 1. The highest BCUT2D eigenvalue weighted by molar-refractivity contribution is 5.98. The molecular weight excluding hydrogens is 460 g/mol. The molecular formula is C27H42N4O5. The number of hydrogen-bond acceptors (Lipinski definition) is 6. The number of rotatable bonds is 5. The maximum Gasteiger partial charge on any atom is 0.429 e. The zero-order valence-corrected chi connectivity index (χ0v) is 22.8. The quantitative estimate of drug-likeness (QED) is 0.571. The molecule has 3 rings (SSSR count). The Morgan fingerprint density at radius 1 is 1.11 bits per heavy atom. The number of aliphatic hydroxyl groups is 1. The highest BCUT2D eigenvalue weighted by atomic mass is 16.6. The van der Waals surface area contributed by atoms with E-state index in [0.29, 0.717) is 18.5 Å². The molecule has 9 nitrogen and oxygen atoms in total.